The average Bonchev–Trinajstić information content (AvgIpc) is 2.68. The lowest BCUT2D eigenvalue weighted by molar-refractivity contribution is 0.858. The van der Waals surface area contributed by atoms with E-state index in [9.17, 15) is 0 Å². The zero-order chi connectivity index (χ0) is 11.8. The van der Waals surface area contributed by atoms with Gasteiger partial charge in [-0.15, -0.1) is 0 Å². The summed E-state index contributed by atoms with van der Waals surface area (Å²) in [6.07, 6.45) is 3.63. The Labute approximate surface area is 98.7 Å². The summed E-state index contributed by atoms with van der Waals surface area (Å²) in [6.45, 7) is 1.99. The first-order valence-corrected chi connectivity index (χ1v) is 5.41. The number of benzene rings is 1. The SMILES string of the molecule is Cc1cc(N)nn1-c1cccc2cnccc12. The standard InChI is InChI=1S/C13H12N4/c1-9-7-13(14)16-17(9)12-4-2-3-10-8-15-6-5-11(10)12/h2-8H,1H3,(H2,14,16). The number of anilines is 1. The molecular formula is C13H12N4. The largest absolute Gasteiger partial charge is 0.382 e. The Morgan fingerprint density at radius 1 is 1.24 bits per heavy atom. The van der Waals surface area contributed by atoms with Crippen molar-refractivity contribution in [2.75, 3.05) is 5.73 Å². The van der Waals surface area contributed by atoms with Gasteiger partial charge in [-0.05, 0) is 19.1 Å². The molecular weight excluding hydrogens is 212 g/mol. The summed E-state index contributed by atoms with van der Waals surface area (Å²) in [4.78, 5) is 4.12. The highest BCUT2D eigenvalue weighted by Crippen LogP contribution is 2.22. The number of rotatable bonds is 1. The van der Waals surface area contributed by atoms with Gasteiger partial charge in [0.25, 0.3) is 0 Å². The summed E-state index contributed by atoms with van der Waals surface area (Å²) in [6, 6.07) is 9.91. The van der Waals surface area contributed by atoms with Gasteiger partial charge in [-0.3, -0.25) is 4.98 Å². The summed E-state index contributed by atoms with van der Waals surface area (Å²) in [5.74, 6) is 0.536. The van der Waals surface area contributed by atoms with Crippen LogP contribution in [0.3, 0.4) is 0 Å². The first-order valence-electron chi connectivity index (χ1n) is 5.41. The Balaban J connectivity index is 2.34. The van der Waals surface area contributed by atoms with E-state index in [0.29, 0.717) is 5.82 Å². The van der Waals surface area contributed by atoms with Gasteiger partial charge in [0, 0.05) is 34.9 Å². The van der Waals surface area contributed by atoms with Crippen molar-refractivity contribution in [3.05, 3.63) is 48.4 Å². The lowest BCUT2D eigenvalue weighted by Gasteiger charge is -2.07. The number of aromatic nitrogens is 3. The van der Waals surface area contributed by atoms with Crippen molar-refractivity contribution in [3.8, 4) is 5.69 Å². The van der Waals surface area contributed by atoms with Gasteiger partial charge in [0.2, 0.25) is 0 Å². The van der Waals surface area contributed by atoms with Crippen LogP contribution in [0.4, 0.5) is 5.82 Å². The van der Waals surface area contributed by atoms with Crippen LogP contribution in [-0.4, -0.2) is 14.8 Å². The van der Waals surface area contributed by atoms with Gasteiger partial charge in [-0.1, -0.05) is 12.1 Å². The van der Waals surface area contributed by atoms with Crippen molar-refractivity contribution in [2.24, 2.45) is 0 Å². The van der Waals surface area contributed by atoms with Crippen molar-refractivity contribution in [1.29, 1.82) is 0 Å². The third-order valence-electron chi connectivity index (χ3n) is 2.79. The molecule has 2 N–H and O–H groups in total. The minimum atomic E-state index is 0.536. The van der Waals surface area contributed by atoms with Crippen LogP contribution in [-0.2, 0) is 0 Å². The number of nitrogens with two attached hydrogens (primary N) is 1. The van der Waals surface area contributed by atoms with E-state index in [4.69, 9.17) is 5.73 Å². The summed E-state index contributed by atoms with van der Waals surface area (Å²) in [5.41, 5.74) is 7.76. The molecule has 4 heteroatoms. The maximum atomic E-state index is 5.72. The lowest BCUT2D eigenvalue weighted by atomic mass is 10.1. The quantitative estimate of drug-likeness (QED) is 0.690. The van der Waals surface area contributed by atoms with Crippen LogP contribution in [0.25, 0.3) is 16.5 Å². The molecule has 0 radical (unpaired) electrons. The molecule has 0 bridgehead atoms. The van der Waals surface area contributed by atoms with Crippen LogP contribution < -0.4 is 5.73 Å². The Morgan fingerprint density at radius 2 is 2.12 bits per heavy atom. The number of hydrogen-bond acceptors (Lipinski definition) is 3. The van der Waals surface area contributed by atoms with Gasteiger partial charge in [0.15, 0.2) is 0 Å². The van der Waals surface area contributed by atoms with E-state index < -0.39 is 0 Å². The Kier molecular flexibility index (Phi) is 2.08. The second kappa shape index (κ2) is 3.59. The van der Waals surface area contributed by atoms with Crippen LogP contribution in [0.1, 0.15) is 5.69 Å². The van der Waals surface area contributed by atoms with Gasteiger partial charge in [0.1, 0.15) is 5.82 Å². The molecule has 0 saturated heterocycles. The number of aryl methyl sites for hydroxylation is 1. The average molecular weight is 224 g/mol. The fraction of sp³-hybridized carbons (Fsp3) is 0.0769. The predicted octanol–water partition coefficient (Wildman–Crippen LogP) is 2.31. The number of hydrogen-bond donors (Lipinski definition) is 1. The van der Waals surface area contributed by atoms with E-state index in [1.165, 1.54) is 0 Å². The first kappa shape index (κ1) is 9.84. The van der Waals surface area contributed by atoms with Gasteiger partial charge in [-0.2, -0.15) is 5.10 Å². The molecule has 2 heterocycles. The summed E-state index contributed by atoms with van der Waals surface area (Å²) in [5, 5.41) is 6.52. The lowest BCUT2D eigenvalue weighted by Crippen LogP contribution is -2.00. The second-order valence-corrected chi connectivity index (χ2v) is 4.00. The fourth-order valence-corrected chi connectivity index (χ4v) is 2.03. The van der Waals surface area contributed by atoms with Crippen molar-refractivity contribution in [3.63, 3.8) is 0 Å². The van der Waals surface area contributed by atoms with Crippen LogP contribution >= 0.6 is 0 Å². The zero-order valence-electron chi connectivity index (χ0n) is 9.46. The summed E-state index contributed by atoms with van der Waals surface area (Å²) >= 11 is 0. The van der Waals surface area contributed by atoms with Gasteiger partial charge in [-0.25, -0.2) is 4.68 Å². The molecule has 0 unspecified atom stereocenters. The van der Waals surface area contributed by atoms with E-state index in [1.54, 1.807) is 6.20 Å². The third kappa shape index (κ3) is 1.54. The Bertz CT molecular complexity index is 679. The van der Waals surface area contributed by atoms with Crippen LogP contribution in [0.15, 0.2) is 42.7 Å². The fourth-order valence-electron chi connectivity index (χ4n) is 2.03. The number of nitrogens with zero attached hydrogens (tertiary/aromatic N) is 3. The third-order valence-corrected chi connectivity index (χ3v) is 2.79. The molecule has 0 amide bonds. The van der Waals surface area contributed by atoms with Gasteiger partial charge >= 0.3 is 0 Å². The van der Waals surface area contributed by atoms with Gasteiger partial charge in [0.05, 0.1) is 5.69 Å². The van der Waals surface area contributed by atoms with Crippen LogP contribution in [0.5, 0.6) is 0 Å². The number of pyridine rings is 1. The molecule has 0 aliphatic heterocycles. The Morgan fingerprint density at radius 3 is 2.88 bits per heavy atom. The molecule has 2 aromatic heterocycles. The molecule has 1 aromatic carbocycles. The van der Waals surface area contributed by atoms with Crippen LogP contribution in [0, 0.1) is 6.92 Å². The number of fused-ring (bicyclic) bond motifs is 1. The van der Waals surface area contributed by atoms with Crippen molar-refractivity contribution in [2.45, 2.75) is 6.92 Å². The molecule has 0 saturated carbocycles. The topological polar surface area (TPSA) is 56.7 Å². The maximum Gasteiger partial charge on any atom is 0.146 e. The van der Waals surface area contributed by atoms with Crippen molar-refractivity contribution >= 4 is 16.6 Å². The molecule has 84 valence electrons. The van der Waals surface area contributed by atoms with E-state index in [2.05, 4.69) is 10.1 Å². The molecule has 0 atom stereocenters. The molecule has 0 aliphatic carbocycles. The van der Waals surface area contributed by atoms with Crippen molar-refractivity contribution < 1.29 is 0 Å². The molecule has 0 spiro atoms. The highest BCUT2D eigenvalue weighted by atomic mass is 15.3. The second-order valence-electron chi connectivity index (χ2n) is 4.00. The van der Waals surface area contributed by atoms with E-state index >= 15 is 0 Å². The smallest absolute Gasteiger partial charge is 0.146 e. The van der Waals surface area contributed by atoms with E-state index in [1.807, 2.05) is 48.1 Å². The molecule has 0 aliphatic rings. The minimum Gasteiger partial charge on any atom is -0.382 e. The first-order chi connectivity index (χ1) is 8.25. The normalized spacial score (nSPS) is 10.9. The minimum absolute atomic E-state index is 0.536. The highest BCUT2D eigenvalue weighted by Gasteiger charge is 2.07. The molecule has 0 fully saturated rings. The van der Waals surface area contributed by atoms with Crippen LogP contribution in [0.2, 0.25) is 0 Å². The monoisotopic (exact) mass is 224 g/mol. The van der Waals surface area contributed by atoms with E-state index in [0.717, 1.165) is 22.2 Å². The predicted molar refractivity (Wildman–Crippen MR) is 68.0 cm³/mol. The van der Waals surface area contributed by atoms with E-state index in [-0.39, 0.29) is 0 Å². The highest BCUT2D eigenvalue weighted by molar-refractivity contribution is 5.89. The number of nitrogen functional groups attached to an aromatic ring is 1. The molecule has 3 aromatic rings. The molecule has 4 nitrogen and oxygen atoms in total. The maximum absolute atomic E-state index is 5.72. The van der Waals surface area contributed by atoms with Crippen molar-refractivity contribution in [1.82, 2.24) is 14.8 Å². The molecule has 3 rings (SSSR count). The summed E-state index contributed by atoms with van der Waals surface area (Å²) in [7, 11) is 0. The zero-order valence-corrected chi connectivity index (χ0v) is 9.46. The van der Waals surface area contributed by atoms with Gasteiger partial charge < -0.3 is 5.73 Å². The summed E-state index contributed by atoms with van der Waals surface area (Å²) < 4.78 is 1.86. The molecule has 17 heavy (non-hydrogen) atoms. The Hall–Kier alpha value is -2.36.